The monoisotopic (exact) mass is 427 g/mol. The van der Waals surface area contributed by atoms with Gasteiger partial charge in [-0.25, -0.2) is 5.43 Å². The Labute approximate surface area is 169 Å². The molecule has 0 radical (unpaired) electrons. The van der Waals surface area contributed by atoms with E-state index >= 15 is 0 Å². The molecule has 0 aromatic heterocycles. The zero-order chi connectivity index (χ0) is 19.6. The maximum atomic E-state index is 12.2. The number of rotatable bonds is 4. The number of carbonyl (C=O) groups is 1. The first kappa shape index (κ1) is 19.6. The molecule has 27 heavy (non-hydrogen) atoms. The molecule has 0 unspecified atom stereocenters. The van der Waals surface area contributed by atoms with Crippen LogP contribution in [0.1, 0.15) is 61.5 Å². The van der Waals surface area contributed by atoms with E-state index in [1.165, 1.54) is 11.3 Å². The zero-order valence-electron chi connectivity index (χ0n) is 16.3. The largest absolute Gasteiger partial charge is 0.366 e. The van der Waals surface area contributed by atoms with Crippen LogP contribution in [0.4, 0.5) is 5.69 Å². The van der Waals surface area contributed by atoms with Crippen LogP contribution >= 0.6 is 15.9 Å². The van der Waals surface area contributed by atoms with E-state index in [0.29, 0.717) is 11.5 Å². The van der Waals surface area contributed by atoms with Crippen molar-refractivity contribution in [2.75, 3.05) is 11.4 Å². The Bertz CT molecular complexity index is 876. The van der Waals surface area contributed by atoms with Crippen LogP contribution in [-0.4, -0.2) is 24.2 Å². The lowest BCUT2D eigenvalue weighted by molar-refractivity contribution is 0.0954. The molecule has 3 rings (SSSR count). The summed E-state index contributed by atoms with van der Waals surface area (Å²) in [5.41, 5.74) is 6.96. The normalized spacial score (nSPS) is 18.4. The lowest BCUT2D eigenvalue weighted by Crippen LogP contribution is -2.48. The number of hydrazone groups is 1. The van der Waals surface area contributed by atoms with Crippen LogP contribution in [0.2, 0.25) is 0 Å². The van der Waals surface area contributed by atoms with Gasteiger partial charge in [-0.2, -0.15) is 5.10 Å². The molecule has 0 fully saturated rings. The van der Waals surface area contributed by atoms with Crippen molar-refractivity contribution in [1.82, 2.24) is 5.43 Å². The highest BCUT2D eigenvalue weighted by molar-refractivity contribution is 9.10. The molecule has 2 aromatic carbocycles. The van der Waals surface area contributed by atoms with Gasteiger partial charge in [-0.15, -0.1) is 0 Å². The second-order valence-electron chi connectivity index (χ2n) is 7.66. The number of amides is 1. The van der Waals surface area contributed by atoms with Crippen molar-refractivity contribution in [3.63, 3.8) is 0 Å². The summed E-state index contributed by atoms with van der Waals surface area (Å²) in [6, 6.07) is 13.7. The van der Waals surface area contributed by atoms with Crippen molar-refractivity contribution in [1.29, 1.82) is 0 Å². The average Bonchev–Trinajstić information content (AvgIpc) is 2.62. The molecule has 142 valence electrons. The van der Waals surface area contributed by atoms with Crippen LogP contribution in [0.25, 0.3) is 0 Å². The third-order valence-electron chi connectivity index (χ3n) is 5.22. The number of halogens is 1. The summed E-state index contributed by atoms with van der Waals surface area (Å²) in [7, 11) is 0. The van der Waals surface area contributed by atoms with Gasteiger partial charge in [-0.05, 0) is 84.4 Å². The van der Waals surface area contributed by atoms with Gasteiger partial charge in [0.15, 0.2) is 0 Å². The van der Waals surface area contributed by atoms with Gasteiger partial charge in [0.1, 0.15) is 0 Å². The fourth-order valence-electron chi connectivity index (χ4n) is 4.06. The predicted octanol–water partition coefficient (Wildman–Crippen LogP) is 5.33. The van der Waals surface area contributed by atoms with Crippen molar-refractivity contribution < 1.29 is 4.79 Å². The summed E-state index contributed by atoms with van der Waals surface area (Å²) in [5, 5.41) is 4.14. The van der Waals surface area contributed by atoms with Gasteiger partial charge in [-0.3, -0.25) is 4.79 Å². The standard InChI is InChI=1S/C22H26BrN3O/c1-5-26-20-11-10-16(12-18(20)15(2)13-22(26,3)4)14-24-25-21(27)17-8-6-7-9-19(17)23/h6-12,14-15H,5,13H2,1-4H3,(H,25,27)/b24-14-/t15-/m0/s1. The third kappa shape index (κ3) is 4.08. The van der Waals surface area contributed by atoms with Crippen LogP contribution in [-0.2, 0) is 0 Å². The topological polar surface area (TPSA) is 44.7 Å². The fourth-order valence-corrected chi connectivity index (χ4v) is 4.52. The van der Waals surface area contributed by atoms with Crippen molar-refractivity contribution in [2.24, 2.45) is 5.10 Å². The molecular formula is C22H26BrN3O. The van der Waals surface area contributed by atoms with Gasteiger partial charge in [0, 0.05) is 22.2 Å². The fraction of sp³-hybridized carbons (Fsp3) is 0.364. The van der Waals surface area contributed by atoms with E-state index in [1.54, 1.807) is 12.3 Å². The smallest absolute Gasteiger partial charge is 0.272 e. The first-order chi connectivity index (χ1) is 12.8. The van der Waals surface area contributed by atoms with E-state index in [2.05, 4.69) is 77.3 Å². The summed E-state index contributed by atoms with van der Waals surface area (Å²) in [5.74, 6) is 0.255. The van der Waals surface area contributed by atoms with E-state index in [9.17, 15) is 4.79 Å². The van der Waals surface area contributed by atoms with Crippen molar-refractivity contribution in [3.05, 3.63) is 63.6 Å². The third-order valence-corrected chi connectivity index (χ3v) is 5.92. The Kier molecular flexibility index (Phi) is 5.70. The van der Waals surface area contributed by atoms with E-state index < -0.39 is 0 Å². The summed E-state index contributed by atoms with van der Waals surface area (Å²) in [6.07, 6.45) is 2.82. The summed E-state index contributed by atoms with van der Waals surface area (Å²) in [6.45, 7) is 10.1. The number of nitrogens with one attached hydrogen (secondary N) is 1. The highest BCUT2D eigenvalue weighted by atomic mass is 79.9. The van der Waals surface area contributed by atoms with E-state index in [1.807, 2.05) is 18.2 Å². The van der Waals surface area contributed by atoms with Gasteiger partial charge >= 0.3 is 0 Å². The molecule has 1 aliphatic rings. The van der Waals surface area contributed by atoms with Gasteiger partial charge < -0.3 is 4.90 Å². The lowest BCUT2D eigenvalue weighted by Gasteiger charge is -2.47. The number of hydrogen-bond donors (Lipinski definition) is 1. The van der Waals surface area contributed by atoms with Crippen LogP contribution in [0.5, 0.6) is 0 Å². The zero-order valence-corrected chi connectivity index (χ0v) is 17.9. The van der Waals surface area contributed by atoms with E-state index in [4.69, 9.17) is 0 Å². The lowest BCUT2D eigenvalue weighted by atomic mass is 9.79. The maximum Gasteiger partial charge on any atom is 0.272 e. The van der Waals surface area contributed by atoms with Crippen LogP contribution in [0.3, 0.4) is 0 Å². The Balaban J connectivity index is 1.78. The minimum absolute atomic E-state index is 0.161. The van der Waals surface area contributed by atoms with Crippen LogP contribution in [0, 0.1) is 0 Å². The molecule has 1 N–H and O–H groups in total. The Hall–Kier alpha value is -2.14. The minimum Gasteiger partial charge on any atom is -0.366 e. The molecule has 0 bridgehead atoms. The number of anilines is 1. The van der Waals surface area contributed by atoms with Crippen LogP contribution in [0.15, 0.2) is 52.0 Å². The van der Waals surface area contributed by atoms with E-state index in [-0.39, 0.29) is 11.4 Å². The number of hydrogen-bond acceptors (Lipinski definition) is 3. The highest BCUT2D eigenvalue weighted by Gasteiger charge is 2.35. The molecule has 1 aliphatic heterocycles. The first-order valence-electron chi connectivity index (χ1n) is 9.33. The van der Waals surface area contributed by atoms with Crippen LogP contribution < -0.4 is 10.3 Å². The number of fused-ring (bicyclic) bond motifs is 1. The number of carbonyl (C=O) groups excluding carboxylic acids is 1. The molecule has 1 atom stereocenters. The number of nitrogens with zero attached hydrogens (tertiary/aromatic N) is 2. The predicted molar refractivity (Wildman–Crippen MR) is 116 cm³/mol. The Morgan fingerprint density at radius 1 is 1.33 bits per heavy atom. The second-order valence-corrected chi connectivity index (χ2v) is 8.51. The van der Waals surface area contributed by atoms with Crippen molar-refractivity contribution >= 4 is 33.7 Å². The summed E-state index contributed by atoms with van der Waals surface area (Å²) in [4.78, 5) is 14.7. The van der Waals surface area contributed by atoms with Crippen molar-refractivity contribution in [3.8, 4) is 0 Å². The minimum atomic E-state index is -0.232. The molecule has 0 saturated heterocycles. The molecule has 2 aromatic rings. The number of benzene rings is 2. The molecule has 1 heterocycles. The SMILES string of the molecule is CCN1c2ccc(/C=N\NC(=O)c3ccccc3Br)cc2[C@@H](C)CC1(C)C. The summed E-state index contributed by atoms with van der Waals surface area (Å²) >= 11 is 3.39. The van der Waals surface area contributed by atoms with Gasteiger partial charge in [0.2, 0.25) is 0 Å². The van der Waals surface area contributed by atoms with Crippen molar-refractivity contribution in [2.45, 2.75) is 45.6 Å². The van der Waals surface area contributed by atoms with Gasteiger partial charge in [-0.1, -0.05) is 25.1 Å². The molecule has 0 spiro atoms. The molecule has 1 amide bonds. The van der Waals surface area contributed by atoms with E-state index in [0.717, 1.165) is 23.0 Å². The van der Waals surface area contributed by atoms with Gasteiger partial charge in [0.25, 0.3) is 5.91 Å². The Morgan fingerprint density at radius 3 is 2.78 bits per heavy atom. The molecule has 0 saturated carbocycles. The highest BCUT2D eigenvalue weighted by Crippen LogP contribution is 2.43. The summed E-state index contributed by atoms with van der Waals surface area (Å²) < 4.78 is 0.752. The quantitative estimate of drug-likeness (QED) is 0.529. The molecule has 5 heteroatoms. The Morgan fingerprint density at radius 2 is 2.07 bits per heavy atom. The maximum absolute atomic E-state index is 12.2. The average molecular weight is 428 g/mol. The van der Waals surface area contributed by atoms with Gasteiger partial charge in [0.05, 0.1) is 11.8 Å². The molecule has 4 nitrogen and oxygen atoms in total. The molecule has 0 aliphatic carbocycles. The second kappa shape index (κ2) is 7.85. The molecular weight excluding hydrogens is 402 g/mol. The first-order valence-corrected chi connectivity index (χ1v) is 10.1.